The maximum absolute atomic E-state index is 5.28. The minimum absolute atomic E-state index is 0.602. The molecule has 1 N–H and O–H groups in total. The fourth-order valence-corrected chi connectivity index (χ4v) is 3.04. The fourth-order valence-electron chi connectivity index (χ4n) is 1.25. The first-order valence-corrected chi connectivity index (χ1v) is 5.56. The number of allylic oxidation sites excluding steroid dienone is 1. The number of nitrogens with one attached hydrogen (secondary N) is 1. The SMILES string of the molecule is COC1=C[SH](c2cc[nH]n2)C(OC)=C1. The number of rotatable bonds is 3. The Morgan fingerprint density at radius 1 is 1.36 bits per heavy atom. The van der Waals surface area contributed by atoms with Gasteiger partial charge in [-0.15, -0.1) is 10.9 Å². The summed E-state index contributed by atoms with van der Waals surface area (Å²) in [5.74, 6) is 0.843. The van der Waals surface area contributed by atoms with Crippen molar-refractivity contribution in [2.24, 2.45) is 0 Å². The van der Waals surface area contributed by atoms with Crippen molar-refractivity contribution in [2.75, 3.05) is 14.2 Å². The molecule has 14 heavy (non-hydrogen) atoms. The molecule has 1 aliphatic heterocycles. The highest BCUT2D eigenvalue weighted by Gasteiger charge is 2.20. The van der Waals surface area contributed by atoms with E-state index in [2.05, 4.69) is 10.2 Å². The van der Waals surface area contributed by atoms with Gasteiger partial charge in [0.1, 0.15) is 15.9 Å². The molecular formula is C9H12N2O2S. The summed E-state index contributed by atoms with van der Waals surface area (Å²) in [7, 11) is 2.72. The van der Waals surface area contributed by atoms with Crippen LogP contribution in [0.25, 0.3) is 0 Å². The third-order valence-electron chi connectivity index (χ3n) is 1.94. The Kier molecular flexibility index (Phi) is 2.49. The minimum atomic E-state index is -0.602. The van der Waals surface area contributed by atoms with Crippen LogP contribution < -0.4 is 0 Å². The highest BCUT2D eigenvalue weighted by molar-refractivity contribution is 8.22. The van der Waals surface area contributed by atoms with Gasteiger partial charge in [-0.05, 0) is 6.07 Å². The molecule has 1 aromatic rings. The van der Waals surface area contributed by atoms with E-state index in [4.69, 9.17) is 9.47 Å². The molecule has 0 radical (unpaired) electrons. The lowest BCUT2D eigenvalue weighted by Gasteiger charge is -2.12. The van der Waals surface area contributed by atoms with Crippen LogP contribution in [-0.4, -0.2) is 24.4 Å². The lowest BCUT2D eigenvalue weighted by Crippen LogP contribution is -1.85. The Balaban J connectivity index is 2.28. The maximum Gasteiger partial charge on any atom is 0.145 e. The maximum atomic E-state index is 5.28. The summed E-state index contributed by atoms with van der Waals surface area (Å²) in [6.07, 6.45) is 3.71. The van der Waals surface area contributed by atoms with Crippen molar-refractivity contribution in [3.8, 4) is 0 Å². The van der Waals surface area contributed by atoms with Crippen LogP contribution in [0.4, 0.5) is 0 Å². The number of methoxy groups -OCH3 is 2. The second-order valence-electron chi connectivity index (χ2n) is 2.72. The quantitative estimate of drug-likeness (QED) is 0.750. The molecule has 76 valence electrons. The Labute approximate surface area is 85.0 Å². The molecule has 5 heteroatoms. The first-order valence-electron chi connectivity index (χ1n) is 4.15. The van der Waals surface area contributed by atoms with Crippen LogP contribution in [0, 0.1) is 0 Å². The predicted octanol–water partition coefficient (Wildman–Crippen LogP) is 1.76. The van der Waals surface area contributed by atoms with Gasteiger partial charge < -0.3 is 9.47 Å². The van der Waals surface area contributed by atoms with Crippen molar-refractivity contribution in [3.63, 3.8) is 0 Å². The van der Waals surface area contributed by atoms with E-state index in [1.165, 1.54) is 0 Å². The van der Waals surface area contributed by atoms with E-state index >= 15 is 0 Å². The molecule has 0 aliphatic carbocycles. The van der Waals surface area contributed by atoms with Gasteiger partial charge in [0.25, 0.3) is 0 Å². The van der Waals surface area contributed by atoms with Crippen molar-refractivity contribution in [3.05, 3.63) is 34.6 Å². The standard InChI is InChI=1S/C9H12N2O2S/c1-12-7-5-9(13-2)14(6-7)8-3-4-10-11-8/h3-6,14H,1-2H3,(H,10,11). The Morgan fingerprint density at radius 2 is 2.21 bits per heavy atom. The normalized spacial score (nSPS) is 22.9. The average molecular weight is 212 g/mol. The van der Waals surface area contributed by atoms with Gasteiger partial charge in [0.05, 0.1) is 14.2 Å². The van der Waals surface area contributed by atoms with Crippen molar-refractivity contribution >= 4 is 10.9 Å². The molecule has 1 aromatic heterocycles. The first-order chi connectivity index (χ1) is 6.85. The molecule has 2 heterocycles. The highest BCUT2D eigenvalue weighted by atomic mass is 32.2. The van der Waals surface area contributed by atoms with Gasteiger partial charge >= 0.3 is 0 Å². The van der Waals surface area contributed by atoms with Gasteiger partial charge in [0.2, 0.25) is 0 Å². The monoisotopic (exact) mass is 212 g/mol. The summed E-state index contributed by atoms with van der Waals surface area (Å²) in [6.45, 7) is 0. The molecule has 0 aromatic carbocycles. The Bertz CT molecular complexity index is 370. The van der Waals surface area contributed by atoms with Crippen molar-refractivity contribution in [1.29, 1.82) is 0 Å². The van der Waals surface area contributed by atoms with E-state index in [0.717, 1.165) is 15.9 Å². The predicted molar refractivity (Wildman–Crippen MR) is 56.0 cm³/mol. The number of aromatic nitrogens is 2. The minimum Gasteiger partial charge on any atom is -0.496 e. The van der Waals surface area contributed by atoms with Crippen LogP contribution in [-0.2, 0) is 9.47 Å². The third-order valence-corrected chi connectivity index (χ3v) is 3.98. The third kappa shape index (κ3) is 1.50. The van der Waals surface area contributed by atoms with E-state index in [-0.39, 0.29) is 0 Å². The zero-order valence-electron chi connectivity index (χ0n) is 8.02. The average Bonchev–Trinajstić information content (AvgIpc) is 2.85. The molecule has 0 saturated carbocycles. The molecule has 1 unspecified atom stereocenters. The first kappa shape index (κ1) is 9.21. The van der Waals surface area contributed by atoms with E-state index in [9.17, 15) is 0 Å². The molecule has 1 atom stereocenters. The van der Waals surface area contributed by atoms with Gasteiger partial charge in [0, 0.05) is 17.7 Å². The van der Waals surface area contributed by atoms with Crippen LogP contribution in [0.15, 0.2) is 39.6 Å². The number of ether oxygens (including phenoxy) is 2. The topological polar surface area (TPSA) is 47.1 Å². The Hall–Kier alpha value is -1.36. The number of hydrogen-bond donors (Lipinski definition) is 2. The summed E-state index contributed by atoms with van der Waals surface area (Å²) in [5, 5.41) is 10.9. The zero-order chi connectivity index (χ0) is 9.97. The number of aromatic amines is 1. The van der Waals surface area contributed by atoms with Crippen LogP contribution >= 0.6 is 10.9 Å². The number of nitrogens with zero attached hydrogens (tertiary/aromatic N) is 1. The molecule has 0 saturated heterocycles. The van der Waals surface area contributed by atoms with Gasteiger partial charge in [0.15, 0.2) is 0 Å². The summed E-state index contributed by atoms with van der Waals surface area (Å²) in [6, 6.07) is 1.95. The summed E-state index contributed by atoms with van der Waals surface area (Å²) in [5.41, 5.74) is 0. The molecule has 0 amide bonds. The van der Waals surface area contributed by atoms with E-state index in [1.54, 1.807) is 14.2 Å². The van der Waals surface area contributed by atoms with E-state index in [1.807, 2.05) is 23.7 Å². The number of thiol groups is 1. The fraction of sp³-hybridized carbons (Fsp3) is 0.222. The van der Waals surface area contributed by atoms with Crippen molar-refractivity contribution in [1.82, 2.24) is 10.2 Å². The van der Waals surface area contributed by atoms with Crippen LogP contribution in [0.3, 0.4) is 0 Å². The molecule has 0 fully saturated rings. The van der Waals surface area contributed by atoms with Crippen LogP contribution in [0.5, 0.6) is 0 Å². The van der Waals surface area contributed by atoms with E-state index in [0.29, 0.717) is 0 Å². The van der Waals surface area contributed by atoms with Crippen molar-refractivity contribution < 1.29 is 9.47 Å². The number of H-pyrrole nitrogens is 1. The highest BCUT2D eigenvalue weighted by Crippen LogP contribution is 2.49. The lowest BCUT2D eigenvalue weighted by molar-refractivity contribution is 0.297. The van der Waals surface area contributed by atoms with Gasteiger partial charge in [-0.2, -0.15) is 5.10 Å². The molecular weight excluding hydrogens is 200 g/mol. The molecule has 0 bridgehead atoms. The largest absolute Gasteiger partial charge is 0.496 e. The van der Waals surface area contributed by atoms with Crippen LogP contribution in [0.1, 0.15) is 0 Å². The second kappa shape index (κ2) is 3.79. The van der Waals surface area contributed by atoms with Crippen LogP contribution in [0.2, 0.25) is 0 Å². The lowest BCUT2D eigenvalue weighted by atomic mass is 10.5. The summed E-state index contributed by atoms with van der Waals surface area (Å²) >= 11 is 0. The van der Waals surface area contributed by atoms with E-state index < -0.39 is 10.9 Å². The van der Waals surface area contributed by atoms with Gasteiger partial charge in [-0.1, -0.05) is 0 Å². The van der Waals surface area contributed by atoms with Gasteiger partial charge in [-0.3, -0.25) is 5.10 Å². The molecule has 4 nitrogen and oxygen atoms in total. The number of hydrogen-bond acceptors (Lipinski definition) is 3. The smallest absolute Gasteiger partial charge is 0.145 e. The van der Waals surface area contributed by atoms with Crippen molar-refractivity contribution in [2.45, 2.75) is 5.03 Å². The molecule has 0 spiro atoms. The summed E-state index contributed by atoms with van der Waals surface area (Å²) in [4.78, 5) is 0. The zero-order valence-corrected chi connectivity index (χ0v) is 8.91. The van der Waals surface area contributed by atoms with Gasteiger partial charge in [-0.25, -0.2) is 0 Å². The molecule has 2 rings (SSSR count). The molecule has 1 aliphatic rings. The summed E-state index contributed by atoms with van der Waals surface area (Å²) < 4.78 is 10.4. The Morgan fingerprint density at radius 3 is 2.79 bits per heavy atom. The second-order valence-corrected chi connectivity index (χ2v) is 4.62.